The van der Waals surface area contributed by atoms with Crippen LogP contribution in [-0.2, 0) is 23.7 Å². The average Bonchev–Trinajstić information content (AvgIpc) is 2.63. The van der Waals surface area contributed by atoms with E-state index in [9.17, 15) is 4.79 Å². The molecule has 1 aromatic heterocycles. The van der Waals surface area contributed by atoms with Gasteiger partial charge in [-0.2, -0.15) is 0 Å². The molecule has 0 aliphatic carbocycles. The van der Waals surface area contributed by atoms with Gasteiger partial charge in [0, 0.05) is 18.9 Å². The molecule has 1 N–H and O–H groups in total. The monoisotopic (exact) mass is 260 g/mol. The van der Waals surface area contributed by atoms with Gasteiger partial charge in [-0.15, -0.1) is 0 Å². The molecule has 2 rings (SSSR count). The van der Waals surface area contributed by atoms with E-state index in [1.54, 1.807) is 0 Å². The van der Waals surface area contributed by atoms with Gasteiger partial charge in [-0.3, -0.25) is 4.79 Å². The number of aromatic nitrogens is 2. The van der Waals surface area contributed by atoms with Crippen LogP contribution in [0.2, 0.25) is 0 Å². The van der Waals surface area contributed by atoms with Crippen molar-refractivity contribution in [2.75, 3.05) is 0 Å². The zero-order valence-electron chi connectivity index (χ0n) is 11.9. The van der Waals surface area contributed by atoms with Crippen LogP contribution < -0.4 is 0 Å². The molecule has 0 aliphatic heterocycles. The lowest BCUT2D eigenvalue weighted by molar-refractivity contribution is -0.136. The molecule has 1 aromatic carbocycles. The summed E-state index contributed by atoms with van der Waals surface area (Å²) in [5, 5.41) is 8.72. The molecule has 0 amide bonds. The van der Waals surface area contributed by atoms with Gasteiger partial charge >= 0.3 is 5.97 Å². The van der Waals surface area contributed by atoms with Crippen LogP contribution in [0, 0.1) is 0 Å². The molecule has 4 heteroatoms. The number of aryl methyl sites for hydroxylation is 2. The minimum atomic E-state index is -0.767. The third-order valence-electron chi connectivity index (χ3n) is 3.24. The first-order valence-electron chi connectivity index (χ1n) is 6.46. The summed E-state index contributed by atoms with van der Waals surface area (Å²) >= 11 is 0. The lowest BCUT2D eigenvalue weighted by Crippen LogP contribution is -2.17. The zero-order valence-corrected chi connectivity index (χ0v) is 11.9. The Morgan fingerprint density at radius 3 is 2.63 bits per heavy atom. The first-order chi connectivity index (χ1) is 8.79. The molecule has 0 unspecified atom stereocenters. The molecule has 0 bridgehead atoms. The summed E-state index contributed by atoms with van der Waals surface area (Å²) < 4.78 is 2.11. The van der Waals surface area contributed by atoms with Gasteiger partial charge in [0.25, 0.3) is 0 Å². The van der Waals surface area contributed by atoms with E-state index in [1.807, 2.05) is 25.2 Å². The molecular weight excluding hydrogens is 240 g/mol. The lowest BCUT2D eigenvalue weighted by atomic mass is 9.96. The molecular formula is C15H20N2O2. The zero-order chi connectivity index (χ0) is 14.2. The second-order valence-corrected chi connectivity index (χ2v) is 5.96. The van der Waals surface area contributed by atoms with Gasteiger partial charge in [0.2, 0.25) is 0 Å². The van der Waals surface area contributed by atoms with Gasteiger partial charge < -0.3 is 9.67 Å². The second kappa shape index (κ2) is 4.68. The number of carbonyl (C=O) groups is 1. The maximum absolute atomic E-state index is 10.6. The molecule has 0 radical (unpaired) electrons. The number of fused-ring (bicyclic) bond motifs is 1. The van der Waals surface area contributed by atoms with Crippen molar-refractivity contribution in [2.24, 2.45) is 7.05 Å². The van der Waals surface area contributed by atoms with Crippen molar-refractivity contribution >= 4 is 17.0 Å². The van der Waals surface area contributed by atoms with E-state index in [0.29, 0.717) is 6.42 Å². The SMILES string of the molecule is Cn1c(C(C)(C)C)nc2cc(CCC(=O)O)ccc21. The Morgan fingerprint density at radius 1 is 1.37 bits per heavy atom. The maximum Gasteiger partial charge on any atom is 0.303 e. The highest BCUT2D eigenvalue weighted by molar-refractivity contribution is 5.77. The minimum absolute atomic E-state index is 0.00496. The van der Waals surface area contributed by atoms with E-state index in [1.165, 1.54) is 0 Å². The molecule has 2 aromatic rings. The van der Waals surface area contributed by atoms with Crippen LogP contribution in [0.5, 0.6) is 0 Å². The summed E-state index contributed by atoms with van der Waals surface area (Å²) in [5.41, 5.74) is 3.04. The van der Waals surface area contributed by atoms with Crippen molar-refractivity contribution in [1.29, 1.82) is 0 Å². The third-order valence-corrected chi connectivity index (χ3v) is 3.24. The quantitative estimate of drug-likeness (QED) is 0.923. The molecule has 102 valence electrons. The first-order valence-corrected chi connectivity index (χ1v) is 6.46. The predicted molar refractivity (Wildman–Crippen MR) is 75.4 cm³/mol. The summed E-state index contributed by atoms with van der Waals surface area (Å²) in [7, 11) is 2.02. The van der Waals surface area contributed by atoms with E-state index in [4.69, 9.17) is 5.11 Å². The van der Waals surface area contributed by atoms with Crippen LogP contribution >= 0.6 is 0 Å². The Hall–Kier alpha value is -1.84. The minimum Gasteiger partial charge on any atom is -0.481 e. The molecule has 1 heterocycles. The fourth-order valence-electron chi connectivity index (χ4n) is 2.32. The largest absolute Gasteiger partial charge is 0.481 e. The van der Waals surface area contributed by atoms with Gasteiger partial charge in [0.15, 0.2) is 0 Å². The number of carboxylic acids is 1. The standard InChI is InChI=1S/C15H20N2O2/c1-15(2,3)14-16-11-9-10(6-8-13(18)19)5-7-12(11)17(14)4/h5,7,9H,6,8H2,1-4H3,(H,18,19). The van der Waals surface area contributed by atoms with Crippen LogP contribution in [0.1, 0.15) is 38.6 Å². The van der Waals surface area contributed by atoms with Gasteiger partial charge in [-0.1, -0.05) is 26.8 Å². The van der Waals surface area contributed by atoms with Crippen LogP contribution in [0.4, 0.5) is 0 Å². The molecule has 0 atom stereocenters. The third kappa shape index (κ3) is 2.78. The van der Waals surface area contributed by atoms with Crippen molar-refractivity contribution in [3.63, 3.8) is 0 Å². The number of hydrogen-bond acceptors (Lipinski definition) is 2. The van der Waals surface area contributed by atoms with Crippen molar-refractivity contribution in [3.8, 4) is 0 Å². The molecule has 0 spiro atoms. The van der Waals surface area contributed by atoms with E-state index in [-0.39, 0.29) is 11.8 Å². The molecule has 0 fully saturated rings. The topological polar surface area (TPSA) is 55.1 Å². The van der Waals surface area contributed by atoms with Crippen molar-refractivity contribution in [3.05, 3.63) is 29.6 Å². The number of rotatable bonds is 3. The average molecular weight is 260 g/mol. The number of benzene rings is 1. The van der Waals surface area contributed by atoms with Gasteiger partial charge in [0.1, 0.15) is 5.82 Å². The number of imidazole rings is 1. The number of nitrogens with zero attached hydrogens (tertiary/aromatic N) is 2. The molecule has 0 aliphatic rings. The van der Waals surface area contributed by atoms with E-state index < -0.39 is 5.97 Å². The summed E-state index contributed by atoms with van der Waals surface area (Å²) in [4.78, 5) is 15.3. The number of hydrogen-bond donors (Lipinski definition) is 1. The normalized spacial score (nSPS) is 12.0. The highest BCUT2D eigenvalue weighted by Crippen LogP contribution is 2.26. The molecule has 0 saturated carbocycles. The molecule has 19 heavy (non-hydrogen) atoms. The lowest BCUT2D eigenvalue weighted by Gasteiger charge is -2.17. The van der Waals surface area contributed by atoms with Crippen molar-refractivity contribution in [1.82, 2.24) is 9.55 Å². The Bertz CT molecular complexity index is 621. The van der Waals surface area contributed by atoms with E-state index in [2.05, 4.69) is 30.3 Å². The summed E-state index contributed by atoms with van der Waals surface area (Å²) in [6.45, 7) is 6.42. The van der Waals surface area contributed by atoms with Crippen molar-refractivity contribution in [2.45, 2.75) is 39.0 Å². The van der Waals surface area contributed by atoms with E-state index >= 15 is 0 Å². The smallest absolute Gasteiger partial charge is 0.303 e. The summed E-state index contributed by atoms with van der Waals surface area (Å²) in [6, 6.07) is 6.00. The van der Waals surface area contributed by atoms with Crippen molar-refractivity contribution < 1.29 is 9.90 Å². The maximum atomic E-state index is 10.6. The molecule has 4 nitrogen and oxygen atoms in total. The predicted octanol–water partition coefficient (Wildman–Crippen LogP) is 2.89. The first kappa shape index (κ1) is 13.6. The second-order valence-electron chi connectivity index (χ2n) is 5.96. The number of carboxylic acid groups (broad SMARTS) is 1. The van der Waals surface area contributed by atoms with E-state index in [0.717, 1.165) is 22.4 Å². The highest BCUT2D eigenvalue weighted by atomic mass is 16.4. The summed E-state index contributed by atoms with van der Waals surface area (Å²) in [5.74, 6) is 0.273. The Kier molecular flexibility index (Phi) is 3.35. The Labute approximate surface area is 113 Å². The van der Waals surface area contributed by atoms with Gasteiger partial charge in [-0.25, -0.2) is 4.98 Å². The fourth-order valence-corrected chi connectivity index (χ4v) is 2.32. The highest BCUT2D eigenvalue weighted by Gasteiger charge is 2.21. The Balaban J connectivity index is 2.41. The Morgan fingerprint density at radius 2 is 2.05 bits per heavy atom. The fraction of sp³-hybridized carbons (Fsp3) is 0.467. The molecule has 0 saturated heterocycles. The van der Waals surface area contributed by atoms with Gasteiger partial charge in [-0.05, 0) is 24.1 Å². The van der Waals surface area contributed by atoms with Crippen LogP contribution in [0.25, 0.3) is 11.0 Å². The summed E-state index contributed by atoms with van der Waals surface area (Å²) in [6.07, 6.45) is 0.706. The van der Waals surface area contributed by atoms with Gasteiger partial charge in [0.05, 0.1) is 11.0 Å². The number of aliphatic carboxylic acids is 1. The van der Waals surface area contributed by atoms with Crippen LogP contribution in [0.15, 0.2) is 18.2 Å². The van der Waals surface area contributed by atoms with Crippen LogP contribution in [-0.4, -0.2) is 20.6 Å². The van der Waals surface area contributed by atoms with Crippen LogP contribution in [0.3, 0.4) is 0 Å².